The Balaban J connectivity index is 2.01. The number of nitrogens with one attached hydrogen (secondary N) is 1. The van der Waals surface area contributed by atoms with Gasteiger partial charge in [0.05, 0.1) is 12.3 Å². The van der Waals surface area contributed by atoms with Crippen LogP contribution in [0.25, 0.3) is 0 Å². The highest BCUT2D eigenvalue weighted by Crippen LogP contribution is 2.27. The number of rotatable bonds is 4. The molecule has 1 aliphatic carbocycles. The summed E-state index contributed by atoms with van der Waals surface area (Å²) in [6.45, 7) is 0. The number of carbonyl (C=O) groups is 2. The first-order chi connectivity index (χ1) is 9.49. The molecule has 108 valence electrons. The van der Waals surface area contributed by atoms with Gasteiger partial charge in [-0.1, -0.05) is 35.7 Å². The van der Waals surface area contributed by atoms with Crippen LogP contribution in [0.1, 0.15) is 24.8 Å². The van der Waals surface area contributed by atoms with Gasteiger partial charge in [-0.25, -0.2) is 0 Å². The summed E-state index contributed by atoms with van der Waals surface area (Å²) in [7, 11) is 0. The molecule has 1 amide bonds. The van der Waals surface area contributed by atoms with E-state index in [1.165, 1.54) is 0 Å². The van der Waals surface area contributed by atoms with E-state index in [1.54, 1.807) is 18.2 Å². The Hall–Kier alpha value is -1.26. The summed E-state index contributed by atoms with van der Waals surface area (Å²) in [6.07, 6.45) is 2.17. The summed E-state index contributed by atoms with van der Waals surface area (Å²) in [6, 6.07) is 4.75. The Morgan fingerprint density at radius 3 is 2.50 bits per heavy atom. The van der Waals surface area contributed by atoms with Gasteiger partial charge in [0.25, 0.3) is 0 Å². The van der Waals surface area contributed by atoms with Crippen LogP contribution in [0.2, 0.25) is 10.0 Å². The van der Waals surface area contributed by atoms with Crippen molar-refractivity contribution < 1.29 is 14.7 Å². The highest BCUT2D eigenvalue weighted by atomic mass is 35.5. The summed E-state index contributed by atoms with van der Waals surface area (Å²) in [5.74, 6) is -1.61. The number of carboxylic acid groups (broad SMARTS) is 1. The van der Waals surface area contributed by atoms with Crippen LogP contribution < -0.4 is 5.32 Å². The molecule has 0 heterocycles. The first kappa shape index (κ1) is 15.1. The van der Waals surface area contributed by atoms with E-state index in [0.717, 1.165) is 6.42 Å². The van der Waals surface area contributed by atoms with Crippen molar-refractivity contribution in [2.45, 2.75) is 31.7 Å². The van der Waals surface area contributed by atoms with Crippen LogP contribution in [0.3, 0.4) is 0 Å². The van der Waals surface area contributed by atoms with E-state index in [4.69, 9.17) is 28.3 Å². The van der Waals surface area contributed by atoms with Crippen LogP contribution in [0.4, 0.5) is 0 Å². The fourth-order valence-corrected chi connectivity index (χ4v) is 3.08. The van der Waals surface area contributed by atoms with Gasteiger partial charge in [0.1, 0.15) is 0 Å². The van der Waals surface area contributed by atoms with E-state index in [1.807, 2.05) is 0 Å². The van der Waals surface area contributed by atoms with Crippen molar-refractivity contribution in [1.29, 1.82) is 0 Å². The van der Waals surface area contributed by atoms with Crippen molar-refractivity contribution in [3.8, 4) is 0 Å². The lowest BCUT2D eigenvalue weighted by molar-refractivity contribution is -0.142. The lowest BCUT2D eigenvalue weighted by Gasteiger charge is -2.18. The van der Waals surface area contributed by atoms with Crippen LogP contribution in [-0.2, 0) is 16.0 Å². The largest absolute Gasteiger partial charge is 0.481 e. The molecule has 1 aromatic carbocycles. The SMILES string of the molecule is O=C(Cc1c(Cl)cccc1Cl)NC1CCCC1C(=O)O. The topological polar surface area (TPSA) is 66.4 Å². The van der Waals surface area contributed by atoms with E-state index in [9.17, 15) is 9.59 Å². The second-order valence-electron chi connectivity index (χ2n) is 4.93. The van der Waals surface area contributed by atoms with Gasteiger partial charge < -0.3 is 10.4 Å². The lowest BCUT2D eigenvalue weighted by atomic mass is 10.0. The maximum Gasteiger partial charge on any atom is 0.308 e. The van der Waals surface area contributed by atoms with Crippen LogP contribution in [0, 0.1) is 5.92 Å². The zero-order valence-corrected chi connectivity index (χ0v) is 12.2. The van der Waals surface area contributed by atoms with Gasteiger partial charge in [-0.05, 0) is 30.5 Å². The molecule has 4 nitrogen and oxygen atoms in total. The molecule has 1 aliphatic rings. The maximum atomic E-state index is 12.0. The predicted molar refractivity (Wildman–Crippen MR) is 77.1 cm³/mol. The van der Waals surface area contributed by atoms with Gasteiger partial charge in [-0.2, -0.15) is 0 Å². The molecule has 0 bridgehead atoms. The molecule has 0 aromatic heterocycles. The number of aliphatic carboxylic acids is 1. The third kappa shape index (κ3) is 3.44. The molecule has 1 fully saturated rings. The first-order valence-corrected chi connectivity index (χ1v) is 7.19. The van der Waals surface area contributed by atoms with E-state index in [2.05, 4.69) is 5.32 Å². The quantitative estimate of drug-likeness (QED) is 0.897. The second kappa shape index (κ2) is 6.46. The Kier molecular flexibility index (Phi) is 4.89. The lowest BCUT2D eigenvalue weighted by Crippen LogP contribution is -2.40. The van der Waals surface area contributed by atoms with E-state index in [-0.39, 0.29) is 18.4 Å². The molecule has 0 spiro atoms. The van der Waals surface area contributed by atoms with E-state index in [0.29, 0.717) is 28.5 Å². The molecule has 6 heteroatoms. The maximum absolute atomic E-state index is 12.0. The standard InChI is InChI=1S/C14H15Cl2NO3/c15-10-4-2-5-11(16)9(10)7-13(18)17-12-6-1-3-8(12)14(19)20/h2,4-5,8,12H,1,3,6-7H2,(H,17,18)(H,19,20). The van der Waals surface area contributed by atoms with E-state index < -0.39 is 11.9 Å². The minimum atomic E-state index is -0.858. The fourth-order valence-electron chi connectivity index (χ4n) is 2.55. The number of hydrogen-bond acceptors (Lipinski definition) is 2. The van der Waals surface area contributed by atoms with Crippen LogP contribution >= 0.6 is 23.2 Å². The van der Waals surface area contributed by atoms with Crippen molar-refractivity contribution >= 4 is 35.1 Å². The van der Waals surface area contributed by atoms with Crippen LogP contribution in [-0.4, -0.2) is 23.0 Å². The minimum Gasteiger partial charge on any atom is -0.481 e. The molecule has 1 saturated carbocycles. The highest BCUT2D eigenvalue weighted by molar-refractivity contribution is 6.36. The van der Waals surface area contributed by atoms with Crippen molar-refractivity contribution in [1.82, 2.24) is 5.32 Å². The average molecular weight is 316 g/mol. The highest BCUT2D eigenvalue weighted by Gasteiger charge is 2.33. The first-order valence-electron chi connectivity index (χ1n) is 6.44. The van der Waals surface area contributed by atoms with Gasteiger partial charge in [0.15, 0.2) is 0 Å². The molecule has 0 radical (unpaired) electrons. The molecular weight excluding hydrogens is 301 g/mol. The zero-order chi connectivity index (χ0) is 14.7. The molecule has 0 aliphatic heterocycles. The molecule has 2 rings (SSSR count). The molecule has 2 atom stereocenters. The monoisotopic (exact) mass is 315 g/mol. The second-order valence-corrected chi connectivity index (χ2v) is 5.74. The molecule has 1 aromatic rings. The third-order valence-corrected chi connectivity index (χ3v) is 4.29. The number of amides is 1. The molecule has 20 heavy (non-hydrogen) atoms. The minimum absolute atomic E-state index is 0.0569. The molecule has 2 unspecified atom stereocenters. The van der Waals surface area contributed by atoms with Crippen molar-refractivity contribution in [2.24, 2.45) is 5.92 Å². The Labute approximate surface area is 127 Å². The smallest absolute Gasteiger partial charge is 0.308 e. The summed E-state index contributed by atoms with van der Waals surface area (Å²) in [5.41, 5.74) is 0.568. The van der Waals surface area contributed by atoms with Crippen molar-refractivity contribution in [3.63, 3.8) is 0 Å². The number of hydrogen-bond donors (Lipinski definition) is 2. The van der Waals surface area contributed by atoms with Gasteiger partial charge >= 0.3 is 5.97 Å². The van der Waals surface area contributed by atoms with Gasteiger partial charge in [0.2, 0.25) is 5.91 Å². The van der Waals surface area contributed by atoms with Crippen molar-refractivity contribution in [3.05, 3.63) is 33.8 Å². The Morgan fingerprint density at radius 2 is 1.90 bits per heavy atom. The van der Waals surface area contributed by atoms with Crippen LogP contribution in [0.5, 0.6) is 0 Å². The van der Waals surface area contributed by atoms with Crippen LogP contribution in [0.15, 0.2) is 18.2 Å². The predicted octanol–water partition coefficient (Wildman–Crippen LogP) is 2.91. The summed E-state index contributed by atoms with van der Waals surface area (Å²) < 4.78 is 0. The van der Waals surface area contributed by atoms with Gasteiger partial charge in [-0.15, -0.1) is 0 Å². The summed E-state index contributed by atoms with van der Waals surface area (Å²) >= 11 is 12.0. The molecule has 2 N–H and O–H groups in total. The normalized spacial score (nSPS) is 21.7. The third-order valence-electron chi connectivity index (χ3n) is 3.58. The summed E-state index contributed by atoms with van der Waals surface area (Å²) in [4.78, 5) is 23.1. The Morgan fingerprint density at radius 1 is 1.25 bits per heavy atom. The molecular formula is C14H15Cl2NO3. The fraction of sp³-hybridized carbons (Fsp3) is 0.429. The van der Waals surface area contributed by atoms with Gasteiger partial charge in [0, 0.05) is 16.1 Å². The average Bonchev–Trinajstić information content (AvgIpc) is 2.82. The van der Waals surface area contributed by atoms with Gasteiger partial charge in [-0.3, -0.25) is 9.59 Å². The number of carboxylic acids is 1. The Bertz CT molecular complexity index is 513. The number of halogens is 2. The molecule has 0 saturated heterocycles. The summed E-state index contributed by atoms with van der Waals surface area (Å²) in [5, 5.41) is 12.7. The number of carbonyl (C=O) groups excluding carboxylic acids is 1. The van der Waals surface area contributed by atoms with E-state index >= 15 is 0 Å². The number of benzene rings is 1. The van der Waals surface area contributed by atoms with Crippen molar-refractivity contribution in [2.75, 3.05) is 0 Å². The zero-order valence-electron chi connectivity index (χ0n) is 10.7.